The maximum atomic E-state index is 12.6. The van der Waals surface area contributed by atoms with E-state index in [-0.39, 0.29) is 0 Å². The quantitative estimate of drug-likeness (QED) is 0.532. The Labute approximate surface area is 121 Å². The molecule has 4 nitrogen and oxygen atoms in total. The zero-order valence-electron chi connectivity index (χ0n) is 9.99. The van der Waals surface area contributed by atoms with Crippen LogP contribution in [0.3, 0.4) is 0 Å². The summed E-state index contributed by atoms with van der Waals surface area (Å²) in [4.78, 5) is 0. The van der Waals surface area contributed by atoms with Gasteiger partial charge in [-0.3, -0.25) is 4.55 Å². The Morgan fingerprint density at radius 2 is 0.958 bits per heavy atom. The highest BCUT2D eigenvalue weighted by molar-refractivity contribution is 7.86. The van der Waals surface area contributed by atoms with Crippen LogP contribution in [0.15, 0.2) is 0 Å². The summed E-state index contributed by atoms with van der Waals surface area (Å²) in [6.45, 7) is 0. The predicted molar refractivity (Wildman–Crippen MR) is 43.4 cm³/mol. The van der Waals surface area contributed by atoms with E-state index in [2.05, 4.69) is 0 Å². The van der Waals surface area contributed by atoms with Crippen LogP contribution >= 0.6 is 0 Å². The Morgan fingerprint density at radius 3 is 1.21 bits per heavy atom. The van der Waals surface area contributed by atoms with E-state index in [1.54, 1.807) is 0 Å². The van der Waals surface area contributed by atoms with Gasteiger partial charge in [-0.25, -0.2) is 4.74 Å². The molecule has 0 aliphatic heterocycles. The van der Waals surface area contributed by atoms with Crippen molar-refractivity contribution in [1.29, 1.82) is 0 Å². The van der Waals surface area contributed by atoms with E-state index in [0.717, 1.165) is 0 Å². The van der Waals surface area contributed by atoms with Crippen LogP contribution in [0.2, 0.25) is 0 Å². The van der Waals surface area contributed by atoms with Crippen molar-refractivity contribution in [3.05, 3.63) is 0 Å². The first-order valence-electron chi connectivity index (χ1n) is 4.59. The summed E-state index contributed by atoms with van der Waals surface area (Å²) < 4.78 is 188. The van der Waals surface area contributed by atoms with E-state index in [1.807, 2.05) is 0 Å². The molecule has 0 aliphatic rings. The Balaban J connectivity index is 6.04. The van der Waals surface area contributed by atoms with E-state index in [0.29, 0.717) is 0 Å². The van der Waals surface area contributed by atoms with Crippen LogP contribution in [0, 0.1) is 0 Å². The van der Waals surface area contributed by atoms with Crippen molar-refractivity contribution in [2.24, 2.45) is 0 Å². The fourth-order valence-corrected chi connectivity index (χ4v) is 1.14. The molecule has 0 saturated heterocycles. The minimum absolute atomic E-state index is 1.28. The van der Waals surface area contributed by atoms with Gasteiger partial charge < -0.3 is 0 Å². The number of alkyl halides is 13. The average molecular weight is 416 g/mol. The van der Waals surface area contributed by atoms with Crippen molar-refractivity contribution in [1.82, 2.24) is 0 Å². The highest BCUT2D eigenvalue weighted by Crippen LogP contribution is 2.55. The van der Waals surface area contributed by atoms with Gasteiger partial charge in [0.1, 0.15) is 0 Å². The van der Waals surface area contributed by atoms with Gasteiger partial charge in [0.15, 0.2) is 0 Å². The lowest BCUT2D eigenvalue weighted by molar-refractivity contribution is -0.495. The number of ether oxygens (including phenoxy) is 1. The molecule has 24 heavy (non-hydrogen) atoms. The molecule has 18 heteroatoms. The molecule has 0 fully saturated rings. The van der Waals surface area contributed by atoms with E-state index in [1.165, 1.54) is 4.74 Å². The minimum Gasteiger partial charge on any atom is -0.281 e. The number of halogens is 13. The zero-order valence-corrected chi connectivity index (χ0v) is 10.8. The first kappa shape index (κ1) is 23.0. The first-order valence-corrected chi connectivity index (χ1v) is 6.03. The van der Waals surface area contributed by atoms with Crippen molar-refractivity contribution < 1.29 is 74.8 Å². The van der Waals surface area contributed by atoms with Crippen LogP contribution in [-0.4, -0.2) is 48.5 Å². The van der Waals surface area contributed by atoms with Crippen molar-refractivity contribution in [3.8, 4) is 0 Å². The van der Waals surface area contributed by atoms with Gasteiger partial charge in [0.05, 0.1) is 0 Å². The van der Waals surface area contributed by atoms with Crippen LogP contribution in [0.25, 0.3) is 0 Å². The lowest BCUT2D eigenvalue weighted by Crippen LogP contribution is -2.64. The molecule has 0 spiro atoms. The van der Waals surface area contributed by atoms with Crippen LogP contribution in [-0.2, 0) is 14.9 Å². The first-order chi connectivity index (χ1) is 9.96. The van der Waals surface area contributed by atoms with Crippen LogP contribution in [0.4, 0.5) is 57.1 Å². The maximum Gasteiger partial charge on any atom is 0.460 e. The van der Waals surface area contributed by atoms with Crippen molar-refractivity contribution in [2.75, 3.05) is 0 Å². The molecule has 0 rings (SSSR count). The van der Waals surface area contributed by atoms with Gasteiger partial charge >= 0.3 is 45.6 Å². The number of hydrogen-bond acceptors (Lipinski definition) is 3. The molecular formula is C6HF13O4S. The molecule has 0 amide bonds. The molecule has 0 heterocycles. The lowest BCUT2D eigenvalue weighted by Gasteiger charge is -2.35. The van der Waals surface area contributed by atoms with Gasteiger partial charge in [-0.15, -0.1) is 0 Å². The van der Waals surface area contributed by atoms with Crippen LogP contribution in [0.1, 0.15) is 0 Å². The van der Waals surface area contributed by atoms with E-state index < -0.39 is 45.6 Å². The smallest absolute Gasteiger partial charge is 0.281 e. The lowest BCUT2D eigenvalue weighted by atomic mass is 10.1. The highest BCUT2D eigenvalue weighted by atomic mass is 32.2. The maximum absolute atomic E-state index is 12.6. The summed E-state index contributed by atoms with van der Waals surface area (Å²) >= 11 is 0. The molecule has 0 radical (unpaired) electrons. The minimum atomic E-state index is -7.88. The third kappa shape index (κ3) is 3.35. The third-order valence-electron chi connectivity index (χ3n) is 2.04. The Hall–Kier alpha value is -1.04. The van der Waals surface area contributed by atoms with E-state index in [9.17, 15) is 65.5 Å². The molecule has 0 atom stereocenters. The van der Waals surface area contributed by atoms with Gasteiger partial charge in [-0.2, -0.15) is 65.5 Å². The Bertz CT molecular complexity index is 576. The molecule has 0 aromatic carbocycles. The third-order valence-corrected chi connectivity index (χ3v) is 2.92. The molecule has 0 aromatic rings. The van der Waals surface area contributed by atoms with Crippen molar-refractivity contribution in [3.63, 3.8) is 0 Å². The average Bonchev–Trinajstić information content (AvgIpc) is 2.23. The molecule has 0 aromatic heterocycles. The second-order valence-electron chi connectivity index (χ2n) is 3.77. The van der Waals surface area contributed by atoms with Gasteiger partial charge in [0.2, 0.25) is 0 Å². The predicted octanol–water partition coefficient (Wildman–Crippen LogP) is 3.50. The van der Waals surface area contributed by atoms with Crippen molar-refractivity contribution in [2.45, 2.75) is 35.5 Å². The van der Waals surface area contributed by atoms with Gasteiger partial charge in [0, 0.05) is 0 Å². The molecule has 146 valence electrons. The second-order valence-corrected chi connectivity index (χ2v) is 5.24. The summed E-state index contributed by atoms with van der Waals surface area (Å²) in [6, 6.07) is 0. The van der Waals surface area contributed by atoms with Gasteiger partial charge in [0.25, 0.3) is 0 Å². The fraction of sp³-hybridized carbons (Fsp3) is 1.00. The highest BCUT2D eigenvalue weighted by Gasteiger charge is 2.85. The standard InChI is InChI=1S/C6HF13O4S/c7-1(8,3(11,12)13)2(9,10)4(14,15)23-5(16,17)6(18,19)24(20,21)22/h(H,20,21,22). The molecule has 0 aliphatic carbocycles. The summed E-state index contributed by atoms with van der Waals surface area (Å²) in [7, 11) is -7.34. The van der Waals surface area contributed by atoms with E-state index >= 15 is 0 Å². The number of hydrogen-bond donors (Lipinski definition) is 1. The largest absolute Gasteiger partial charge is 0.460 e. The molecule has 0 bridgehead atoms. The van der Waals surface area contributed by atoms with Gasteiger partial charge in [-0.05, 0) is 0 Å². The van der Waals surface area contributed by atoms with Crippen LogP contribution in [0.5, 0.6) is 0 Å². The second kappa shape index (κ2) is 5.48. The number of rotatable bonds is 6. The SMILES string of the molecule is O=S(=O)(O)C(F)(F)C(F)(F)OC(F)(F)C(F)(F)C(F)(F)C(F)(F)F. The molecular weight excluding hydrogens is 415 g/mol. The van der Waals surface area contributed by atoms with E-state index in [4.69, 9.17) is 4.55 Å². The van der Waals surface area contributed by atoms with Crippen LogP contribution < -0.4 is 0 Å². The van der Waals surface area contributed by atoms with Gasteiger partial charge in [-0.1, -0.05) is 0 Å². The summed E-state index contributed by atoms with van der Waals surface area (Å²) in [6.07, 6.45) is -22.5. The summed E-state index contributed by atoms with van der Waals surface area (Å²) in [5.74, 6) is -15.6. The summed E-state index contributed by atoms with van der Waals surface area (Å²) in [5, 5.41) is -7.10. The molecule has 0 unspecified atom stereocenters. The molecule has 1 N–H and O–H groups in total. The molecule has 0 saturated carbocycles. The fourth-order valence-electron chi connectivity index (χ4n) is 0.795. The van der Waals surface area contributed by atoms with Crippen molar-refractivity contribution >= 4 is 10.1 Å². The monoisotopic (exact) mass is 416 g/mol. The Kier molecular flexibility index (Phi) is 5.24. The normalized spacial score (nSPS) is 16.4. The Morgan fingerprint density at radius 1 is 0.625 bits per heavy atom. The summed E-state index contributed by atoms with van der Waals surface area (Å²) in [5.41, 5.74) is 0. The topological polar surface area (TPSA) is 63.6 Å². The zero-order chi connectivity index (χ0) is 20.2.